The molecule has 0 spiro atoms. The van der Waals surface area contributed by atoms with Gasteiger partial charge in [0.15, 0.2) is 0 Å². The number of rotatable bonds is 13. The van der Waals surface area contributed by atoms with Gasteiger partial charge in [-0.15, -0.1) is 0 Å². The minimum Gasteiger partial charge on any atom is -0.323 e. The van der Waals surface area contributed by atoms with E-state index in [1.54, 1.807) is 0 Å². The highest BCUT2D eigenvalue weighted by molar-refractivity contribution is 5.79. The highest BCUT2D eigenvalue weighted by Crippen LogP contribution is 2.28. The maximum atomic E-state index is 13.8. The van der Waals surface area contributed by atoms with Crippen molar-refractivity contribution in [2.45, 2.75) is 119 Å². The lowest BCUT2D eigenvalue weighted by atomic mass is 9.83. The lowest BCUT2D eigenvalue weighted by Gasteiger charge is -2.36. The molecule has 1 fully saturated rings. The second kappa shape index (κ2) is 13.4. The molecule has 1 saturated heterocycles. The van der Waals surface area contributed by atoms with Crippen LogP contribution < -0.4 is 5.32 Å². The fourth-order valence-corrected chi connectivity index (χ4v) is 5.58. The molecule has 4 atom stereocenters. The number of carbonyl (C=O) groups excluding carboxylic acids is 1. The standard InChI is InChI=1S/C29H55FN4O/c1-22(16-27(3,4)5)11-13-33(14-12-23(2)17-28(6,7)8)21-29(9,10)32-19-26(35)34-20-24(30)15-25(34)18-31/h22-25,32H,11-17,19-21H2,1-10H3/t22-,23-,24+,25+/m1/s1. The van der Waals surface area contributed by atoms with E-state index in [9.17, 15) is 14.4 Å². The molecule has 1 amide bonds. The smallest absolute Gasteiger partial charge is 0.237 e. The number of nitrogens with zero attached hydrogens (tertiary/aromatic N) is 3. The van der Waals surface area contributed by atoms with Crippen LogP contribution in [0.5, 0.6) is 0 Å². The summed E-state index contributed by atoms with van der Waals surface area (Å²) in [6, 6.07) is 1.42. The Morgan fingerprint density at radius 2 is 1.51 bits per heavy atom. The van der Waals surface area contributed by atoms with E-state index in [-0.39, 0.29) is 31.0 Å². The predicted octanol–water partition coefficient (Wildman–Crippen LogP) is 6.04. The normalized spacial score (nSPS) is 21.3. The summed E-state index contributed by atoms with van der Waals surface area (Å²) in [6.07, 6.45) is 3.77. The average molecular weight is 495 g/mol. The summed E-state index contributed by atoms with van der Waals surface area (Å²) < 4.78 is 13.8. The van der Waals surface area contributed by atoms with E-state index in [2.05, 4.69) is 85.5 Å². The van der Waals surface area contributed by atoms with Gasteiger partial charge >= 0.3 is 0 Å². The van der Waals surface area contributed by atoms with Crippen LogP contribution in [-0.4, -0.2) is 66.2 Å². The first-order valence-electron chi connectivity index (χ1n) is 13.7. The Kier molecular flexibility index (Phi) is 12.2. The molecule has 5 nitrogen and oxygen atoms in total. The number of halogens is 1. The Bertz CT molecular complexity index is 662. The third kappa shape index (κ3) is 13.6. The Hall–Kier alpha value is -1.19. The van der Waals surface area contributed by atoms with Crippen molar-refractivity contribution >= 4 is 5.91 Å². The zero-order chi connectivity index (χ0) is 27.0. The third-order valence-electron chi connectivity index (χ3n) is 6.85. The summed E-state index contributed by atoms with van der Waals surface area (Å²) in [5, 5.41) is 12.7. The quantitative estimate of drug-likeness (QED) is 0.339. The first-order chi connectivity index (χ1) is 15.9. The van der Waals surface area contributed by atoms with Gasteiger partial charge in [-0.3, -0.25) is 4.79 Å². The molecule has 0 bridgehead atoms. The molecule has 35 heavy (non-hydrogen) atoms. The van der Waals surface area contributed by atoms with Crippen LogP contribution in [0, 0.1) is 34.0 Å². The summed E-state index contributed by atoms with van der Waals surface area (Å²) in [7, 11) is 0. The van der Waals surface area contributed by atoms with Gasteiger partial charge in [0.05, 0.1) is 19.2 Å². The van der Waals surface area contributed by atoms with Gasteiger partial charge in [0, 0.05) is 18.5 Å². The highest BCUT2D eigenvalue weighted by atomic mass is 19.1. The molecule has 0 unspecified atom stereocenters. The second-order valence-corrected chi connectivity index (χ2v) is 14.4. The van der Waals surface area contributed by atoms with Crippen molar-refractivity contribution in [1.29, 1.82) is 5.26 Å². The molecule has 0 aromatic heterocycles. The number of amides is 1. The molecule has 1 aliphatic rings. The number of hydrogen-bond donors (Lipinski definition) is 1. The van der Waals surface area contributed by atoms with Crippen LogP contribution in [0.25, 0.3) is 0 Å². The van der Waals surface area contributed by atoms with Crippen molar-refractivity contribution in [2.75, 3.05) is 32.7 Å². The fourth-order valence-electron chi connectivity index (χ4n) is 5.58. The van der Waals surface area contributed by atoms with E-state index < -0.39 is 12.2 Å². The molecule has 1 N–H and O–H groups in total. The second-order valence-electron chi connectivity index (χ2n) is 14.4. The maximum Gasteiger partial charge on any atom is 0.237 e. The molecular formula is C29H55FN4O. The number of nitriles is 1. The Balaban J connectivity index is 2.73. The number of alkyl halides is 1. The molecule has 0 aromatic carbocycles. The van der Waals surface area contributed by atoms with E-state index in [4.69, 9.17) is 0 Å². The van der Waals surface area contributed by atoms with Gasteiger partial charge in [-0.05, 0) is 75.3 Å². The highest BCUT2D eigenvalue weighted by Gasteiger charge is 2.36. The van der Waals surface area contributed by atoms with Crippen molar-refractivity contribution in [3.63, 3.8) is 0 Å². The van der Waals surface area contributed by atoms with Gasteiger partial charge in [0.1, 0.15) is 12.2 Å². The summed E-state index contributed by atoms with van der Waals surface area (Å²) in [5.74, 6) is 1.14. The Morgan fingerprint density at radius 1 is 1.03 bits per heavy atom. The van der Waals surface area contributed by atoms with Crippen molar-refractivity contribution in [3.05, 3.63) is 0 Å². The minimum absolute atomic E-state index is 0.0304. The van der Waals surface area contributed by atoms with Crippen LogP contribution in [0.3, 0.4) is 0 Å². The van der Waals surface area contributed by atoms with Gasteiger partial charge in [-0.1, -0.05) is 55.4 Å². The Labute approximate surface area is 216 Å². The molecule has 204 valence electrons. The van der Waals surface area contributed by atoms with Gasteiger partial charge in [-0.25, -0.2) is 4.39 Å². The van der Waals surface area contributed by atoms with Crippen molar-refractivity contribution < 1.29 is 9.18 Å². The van der Waals surface area contributed by atoms with Crippen LogP contribution >= 0.6 is 0 Å². The maximum absolute atomic E-state index is 13.8. The molecular weight excluding hydrogens is 439 g/mol. The fraction of sp³-hybridized carbons (Fsp3) is 0.931. The topological polar surface area (TPSA) is 59.4 Å². The van der Waals surface area contributed by atoms with Gasteiger partial charge in [0.25, 0.3) is 0 Å². The molecule has 0 radical (unpaired) electrons. The SMILES string of the molecule is C[C@H](CCN(CC[C@@H](C)CC(C)(C)C)CC(C)(C)NCC(=O)N1C[C@@H](F)C[C@H]1C#N)CC(C)(C)C. The largest absolute Gasteiger partial charge is 0.323 e. The van der Waals surface area contributed by atoms with Gasteiger partial charge in [-0.2, -0.15) is 5.26 Å². The molecule has 1 heterocycles. The third-order valence-corrected chi connectivity index (χ3v) is 6.85. The number of likely N-dealkylation sites (tertiary alicyclic amines) is 1. The summed E-state index contributed by atoms with van der Waals surface area (Å²) in [4.78, 5) is 16.7. The molecule has 0 aliphatic carbocycles. The molecule has 1 aliphatic heterocycles. The van der Waals surface area contributed by atoms with E-state index in [1.165, 1.54) is 17.7 Å². The lowest BCUT2D eigenvalue weighted by Crippen LogP contribution is -2.53. The van der Waals surface area contributed by atoms with Crippen LogP contribution in [-0.2, 0) is 4.79 Å². The number of hydrogen-bond acceptors (Lipinski definition) is 4. The summed E-state index contributed by atoms with van der Waals surface area (Å²) in [6.45, 7) is 25.9. The van der Waals surface area contributed by atoms with Gasteiger partial charge in [0.2, 0.25) is 5.91 Å². The van der Waals surface area contributed by atoms with Crippen LogP contribution in [0.1, 0.15) is 101 Å². The summed E-state index contributed by atoms with van der Waals surface area (Å²) >= 11 is 0. The van der Waals surface area contributed by atoms with E-state index in [0.717, 1.165) is 32.5 Å². The number of carbonyl (C=O) groups is 1. The predicted molar refractivity (Wildman–Crippen MR) is 145 cm³/mol. The van der Waals surface area contributed by atoms with Crippen LogP contribution in [0.4, 0.5) is 4.39 Å². The monoisotopic (exact) mass is 494 g/mol. The summed E-state index contributed by atoms with van der Waals surface area (Å²) in [5.41, 5.74) is 0.400. The number of nitrogens with one attached hydrogen (secondary N) is 1. The van der Waals surface area contributed by atoms with Crippen LogP contribution in [0.15, 0.2) is 0 Å². The van der Waals surface area contributed by atoms with Crippen LogP contribution in [0.2, 0.25) is 0 Å². The first kappa shape index (κ1) is 31.8. The molecule has 0 saturated carbocycles. The van der Waals surface area contributed by atoms with Gasteiger partial charge < -0.3 is 15.1 Å². The molecule has 0 aromatic rings. The van der Waals surface area contributed by atoms with E-state index in [1.807, 2.05) is 0 Å². The van der Waals surface area contributed by atoms with Crippen molar-refractivity contribution in [3.8, 4) is 6.07 Å². The minimum atomic E-state index is -1.10. The lowest BCUT2D eigenvalue weighted by molar-refractivity contribution is -0.130. The first-order valence-corrected chi connectivity index (χ1v) is 13.7. The van der Waals surface area contributed by atoms with E-state index >= 15 is 0 Å². The zero-order valence-electron chi connectivity index (χ0n) is 24.5. The van der Waals surface area contributed by atoms with Crippen molar-refractivity contribution in [2.24, 2.45) is 22.7 Å². The average Bonchev–Trinajstić information content (AvgIpc) is 3.06. The molecule has 1 rings (SSSR count). The Morgan fingerprint density at radius 3 is 1.94 bits per heavy atom. The molecule has 6 heteroatoms. The zero-order valence-corrected chi connectivity index (χ0v) is 24.5. The van der Waals surface area contributed by atoms with Crippen molar-refractivity contribution in [1.82, 2.24) is 15.1 Å². The van der Waals surface area contributed by atoms with E-state index in [0.29, 0.717) is 22.7 Å².